The van der Waals surface area contributed by atoms with Crippen LogP contribution < -0.4 is 0 Å². The molecule has 0 aliphatic heterocycles. The topological polar surface area (TPSA) is 44.1 Å². The van der Waals surface area contributed by atoms with Crippen LogP contribution in [-0.2, 0) is 0 Å². The number of allylic oxidation sites excluding steroid dienone is 4. The zero-order valence-electron chi connectivity index (χ0n) is 8.18. The Morgan fingerprint density at radius 2 is 2.00 bits per heavy atom. The van der Waals surface area contributed by atoms with Crippen molar-refractivity contribution in [3.05, 3.63) is 47.9 Å². The van der Waals surface area contributed by atoms with Gasteiger partial charge in [-0.1, -0.05) is 25.3 Å². The first-order chi connectivity index (χ1) is 6.52. The van der Waals surface area contributed by atoms with Crippen molar-refractivity contribution in [2.24, 2.45) is 0 Å². The lowest BCUT2D eigenvalue weighted by molar-refractivity contribution is 0.335. The van der Waals surface area contributed by atoms with E-state index in [1.807, 2.05) is 0 Å². The Morgan fingerprint density at radius 3 is 2.43 bits per heavy atom. The summed E-state index contributed by atoms with van der Waals surface area (Å²) in [5.74, 6) is -0.616. The molecule has 0 atom stereocenters. The summed E-state index contributed by atoms with van der Waals surface area (Å²) in [4.78, 5) is 0. The van der Waals surface area contributed by atoms with E-state index in [4.69, 9.17) is 10.5 Å². The second-order valence-corrected chi connectivity index (χ2v) is 2.79. The van der Waals surface area contributed by atoms with Gasteiger partial charge in [0.15, 0.2) is 0 Å². The molecule has 2 N–H and O–H groups in total. The largest absolute Gasteiger partial charge is 0.392 e. The minimum absolute atomic E-state index is 0.139. The molecule has 0 aromatic carbocycles. The first-order valence-electron chi connectivity index (χ1n) is 4.05. The van der Waals surface area contributed by atoms with Crippen LogP contribution in [0.4, 0.5) is 4.39 Å². The molecule has 0 bridgehead atoms. The monoisotopic (exact) mass is 195 g/mol. The van der Waals surface area contributed by atoms with Crippen LogP contribution in [0.3, 0.4) is 0 Å². The van der Waals surface area contributed by atoms with Crippen molar-refractivity contribution in [2.45, 2.75) is 6.92 Å². The first-order valence-corrected chi connectivity index (χ1v) is 4.05. The summed E-state index contributed by atoms with van der Waals surface area (Å²) in [5, 5.41) is 15.3. The van der Waals surface area contributed by atoms with Gasteiger partial charge in [-0.2, -0.15) is 0 Å². The highest BCUT2D eigenvalue weighted by Crippen LogP contribution is 2.14. The van der Waals surface area contributed by atoms with E-state index in [0.717, 1.165) is 0 Å². The number of nitrogens with one attached hydrogen (secondary N) is 1. The fourth-order valence-electron chi connectivity index (χ4n) is 0.658. The summed E-state index contributed by atoms with van der Waals surface area (Å²) in [5.41, 5.74) is 1.29. The van der Waals surface area contributed by atoms with E-state index in [1.54, 1.807) is 12.2 Å². The van der Waals surface area contributed by atoms with E-state index >= 15 is 0 Å². The minimum atomic E-state index is -0.616. The molecule has 0 unspecified atom stereocenters. The Kier molecular flexibility index (Phi) is 5.41. The maximum Gasteiger partial charge on any atom is 0.144 e. The van der Waals surface area contributed by atoms with Gasteiger partial charge >= 0.3 is 0 Å². The first kappa shape index (κ1) is 12.5. The van der Waals surface area contributed by atoms with Crippen LogP contribution in [0.15, 0.2) is 47.9 Å². The number of rotatable bonds is 5. The van der Waals surface area contributed by atoms with E-state index in [2.05, 4.69) is 13.2 Å². The van der Waals surface area contributed by atoms with E-state index in [-0.39, 0.29) is 6.61 Å². The van der Waals surface area contributed by atoms with Gasteiger partial charge < -0.3 is 10.5 Å². The molecule has 0 heterocycles. The highest BCUT2D eigenvalue weighted by atomic mass is 19.1. The second-order valence-electron chi connectivity index (χ2n) is 2.79. The number of hydrogen-bond donors (Lipinski definition) is 2. The molecule has 0 aromatic rings. The Morgan fingerprint density at radius 1 is 1.43 bits per heavy atom. The summed E-state index contributed by atoms with van der Waals surface area (Å²) >= 11 is 0. The van der Waals surface area contributed by atoms with Crippen molar-refractivity contribution in [2.75, 3.05) is 6.61 Å². The van der Waals surface area contributed by atoms with Crippen molar-refractivity contribution >= 4 is 6.21 Å². The zero-order chi connectivity index (χ0) is 11.1. The molecular formula is C11H14FNO. The maximum absolute atomic E-state index is 12.9. The SMILES string of the molecule is C=C(C=CC(=C)C(C)=C(F)C=N)CO. The number of hydrogen-bond acceptors (Lipinski definition) is 2. The van der Waals surface area contributed by atoms with Gasteiger partial charge in [0.1, 0.15) is 5.83 Å². The molecule has 76 valence electrons. The lowest BCUT2D eigenvalue weighted by atomic mass is 10.1. The summed E-state index contributed by atoms with van der Waals surface area (Å²) in [7, 11) is 0. The van der Waals surface area contributed by atoms with Crippen LogP contribution in [-0.4, -0.2) is 17.9 Å². The molecule has 3 heteroatoms. The van der Waals surface area contributed by atoms with Gasteiger partial charge in [-0.3, -0.25) is 0 Å². The Bertz CT molecular complexity index is 313. The molecule has 0 aliphatic carbocycles. The van der Waals surface area contributed by atoms with Crippen LogP contribution in [0.2, 0.25) is 0 Å². The van der Waals surface area contributed by atoms with Crippen LogP contribution in [0, 0.1) is 5.41 Å². The van der Waals surface area contributed by atoms with Crippen molar-refractivity contribution in [3.63, 3.8) is 0 Å². The maximum atomic E-state index is 12.9. The van der Waals surface area contributed by atoms with Crippen molar-refractivity contribution in [1.82, 2.24) is 0 Å². The van der Waals surface area contributed by atoms with Crippen LogP contribution in [0.25, 0.3) is 0 Å². The molecule has 0 radical (unpaired) electrons. The standard InChI is InChI=1S/C11H14FNO/c1-8(7-14)4-5-9(2)10(3)11(12)6-13/h4-6,13-14H,1-2,7H2,3H3. The molecule has 2 nitrogen and oxygen atoms in total. The smallest absolute Gasteiger partial charge is 0.144 e. The fraction of sp³-hybridized carbons (Fsp3) is 0.182. The van der Waals surface area contributed by atoms with E-state index in [1.165, 1.54) is 6.92 Å². The van der Waals surface area contributed by atoms with E-state index in [0.29, 0.717) is 22.9 Å². The van der Waals surface area contributed by atoms with Crippen LogP contribution in [0.5, 0.6) is 0 Å². The van der Waals surface area contributed by atoms with Gasteiger partial charge in [-0.15, -0.1) is 0 Å². The van der Waals surface area contributed by atoms with Gasteiger partial charge in [0.2, 0.25) is 0 Å². The lowest BCUT2D eigenvalue weighted by Gasteiger charge is -2.00. The van der Waals surface area contributed by atoms with Gasteiger partial charge in [0, 0.05) is 0 Å². The summed E-state index contributed by atoms with van der Waals surface area (Å²) in [6.45, 7) is 8.55. The lowest BCUT2D eigenvalue weighted by Crippen LogP contribution is -1.87. The third-order valence-corrected chi connectivity index (χ3v) is 1.69. The van der Waals surface area contributed by atoms with Crippen molar-refractivity contribution in [1.29, 1.82) is 5.41 Å². The molecule has 0 aromatic heterocycles. The van der Waals surface area contributed by atoms with Crippen molar-refractivity contribution < 1.29 is 9.50 Å². The highest BCUT2D eigenvalue weighted by Gasteiger charge is 1.99. The molecule has 0 spiro atoms. The zero-order valence-corrected chi connectivity index (χ0v) is 8.18. The average molecular weight is 195 g/mol. The normalized spacial score (nSPS) is 12.5. The number of halogens is 1. The van der Waals surface area contributed by atoms with Gasteiger partial charge in [-0.25, -0.2) is 4.39 Å². The van der Waals surface area contributed by atoms with E-state index < -0.39 is 5.83 Å². The Hall–Kier alpha value is -1.48. The van der Waals surface area contributed by atoms with Crippen LogP contribution >= 0.6 is 0 Å². The molecule has 0 fully saturated rings. The van der Waals surface area contributed by atoms with Gasteiger partial charge in [0.05, 0.1) is 12.8 Å². The summed E-state index contributed by atoms with van der Waals surface area (Å²) < 4.78 is 12.9. The molecule has 14 heavy (non-hydrogen) atoms. The minimum Gasteiger partial charge on any atom is -0.392 e. The second kappa shape index (κ2) is 6.05. The average Bonchev–Trinajstić information content (AvgIpc) is 2.22. The van der Waals surface area contributed by atoms with E-state index in [9.17, 15) is 4.39 Å². The molecule has 0 amide bonds. The Labute approximate surface area is 83.3 Å². The molecule has 0 aliphatic rings. The molecule has 0 rings (SSSR count). The quantitative estimate of drug-likeness (QED) is 0.514. The number of aliphatic hydroxyl groups is 1. The predicted octanol–water partition coefficient (Wildman–Crippen LogP) is 2.54. The third-order valence-electron chi connectivity index (χ3n) is 1.69. The Balaban J connectivity index is 4.59. The molecular weight excluding hydrogens is 181 g/mol. The van der Waals surface area contributed by atoms with Crippen molar-refractivity contribution in [3.8, 4) is 0 Å². The molecule has 0 saturated carbocycles. The molecule has 0 saturated heterocycles. The predicted molar refractivity (Wildman–Crippen MR) is 57.1 cm³/mol. The third kappa shape index (κ3) is 3.96. The van der Waals surface area contributed by atoms with Gasteiger partial charge in [-0.05, 0) is 23.6 Å². The number of aliphatic hydroxyl groups excluding tert-OH is 1. The summed E-state index contributed by atoms with van der Waals surface area (Å²) in [6.07, 6.45) is 3.75. The fourth-order valence-corrected chi connectivity index (χ4v) is 0.658. The van der Waals surface area contributed by atoms with Crippen LogP contribution in [0.1, 0.15) is 6.92 Å². The van der Waals surface area contributed by atoms with Gasteiger partial charge in [0.25, 0.3) is 0 Å². The summed E-state index contributed by atoms with van der Waals surface area (Å²) in [6, 6.07) is 0. The highest BCUT2D eigenvalue weighted by molar-refractivity contribution is 5.75.